The maximum atomic E-state index is 11.3. The van der Waals surface area contributed by atoms with Gasteiger partial charge in [-0.05, 0) is 18.0 Å². The standard InChI is InChI=1S/C10H14Cl2O2/c1-2-3-4-5-7-6-8(11)9(12)14-10(7)13/h7H,2-6H2,1H3. The van der Waals surface area contributed by atoms with E-state index in [0.29, 0.717) is 11.5 Å². The van der Waals surface area contributed by atoms with Crippen molar-refractivity contribution in [1.82, 2.24) is 0 Å². The predicted octanol–water partition coefficient (Wildman–Crippen LogP) is 3.78. The fourth-order valence-electron chi connectivity index (χ4n) is 1.47. The first-order chi connectivity index (χ1) is 6.65. The summed E-state index contributed by atoms with van der Waals surface area (Å²) in [4.78, 5) is 11.3. The Kier molecular flexibility index (Phi) is 4.76. The maximum Gasteiger partial charge on any atom is 0.315 e. The van der Waals surface area contributed by atoms with Crippen LogP contribution in [-0.2, 0) is 9.53 Å². The van der Waals surface area contributed by atoms with E-state index in [9.17, 15) is 4.79 Å². The van der Waals surface area contributed by atoms with Crippen LogP contribution >= 0.6 is 23.2 Å². The first kappa shape index (κ1) is 11.9. The van der Waals surface area contributed by atoms with Crippen molar-refractivity contribution in [3.05, 3.63) is 10.3 Å². The minimum Gasteiger partial charge on any atom is -0.413 e. The molecule has 4 heteroatoms. The van der Waals surface area contributed by atoms with E-state index in [1.807, 2.05) is 0 Å². The van der Waals surface area contributed by atoms with E-state index in [2.05, 4.69) is 6.92 Å². The van der Waals surface area contributed by atoms with E-state index in [1.54, 1.807) is 0 Å². The van der Waals surface area contributed by atoms with Gasteiger partial charge < -0.3 is 4.74 Å². The van der Waals surface area contributed by atoms with Crippen molar-refractivity contribution < 1.29 is 9.53 Å². The van der Waals surface area contributed by atoms with E-state index in [4.69, 9.17) is 27.9 Å². The molecular formula is C10H14Cl2O2. The van der Waals surface area contributed by atoms with Crippen LogP contribution in [-0.4, -0.2) is 5.97 Å². The molecule has 0 aromatic carbocycles. The number of esters is 1. The topological polar surface area (TPSA) is 26.3 Å². The lowest BCUT2D eigenvalue weighted by Gasteiger charge is -2.20. The molecule has 0 saturated carbocycles. The minimum absolute atomic E-state index is 0.0448. The highest BCUT2D eigenvalue weighted by molar-refractivity contribution is 6.39. The average Bonchev–Trinajstić information content (AvgIpc) is 2.14. The largest absolute Gasteiger partial charge is 0.413 e. The highest BCUT2D eigenvalue weighted by Crippen LogP contribution is 2.32. The van der Waals surface area contributed by atoms with Gasteiger partial charge in [-0.3, -0.25) is 4.79 Å². The molecule has 0 radical (unpaired) electrons. The Hall–Kier alpha value is -0.210. The van der Waals surface area contributed by atoms with Crippen molar-refractivity contribution in [3.8, 4) is 0 Å². The van der Waals surface area contributed by atoms with Crippen molar-refractivity contribution in [1.29, 1.82) is 0 Å². The van der Waals surface area contributed by atoms with Gasteiger partial charge in [-0.1, -0.05) is 37.8 Å². The van der Waals surface area contributed by atoms with Gasteiger partial charge in [-0.2, -0.15) is 0 Å². The van der Waals surface area contributed by atoms with Gasteiger partial charge in [0.05, 0.1) is 11.0 Å². The van der Waals surface area contributed by atoms with E-state index in [-0.39, 0.29) is 17.1 Å². The molecule has 0 amide bonds. The number of rotatable bonds is 4. The minimum atomic E-state index is -0.240. The van der Waals surface area contributed by atoms with E-state index in [0.717, 1.165) is 25.7 Å². The van der Waals surface area contributed by atoms with Crippen LogP contribution in [0, 0.1) is 5.92 Å². The van der Waals surface area contributed by atoms with E-state index in [1.165, 1.54) is 0 Å². The average molecular weight is 237 g/mol. The number of hydrogen-bond acceptors (Lipinski definition) is 2. The Morgan fingerprint density at radius 3 is 2.79 bits per heavy atom. The summed E-state index contributed by atoms with van der Waals surface area (Å²) in [6.07, 6.45) is 4.69. The Morgan fingerprint density at radius 2 is 2.14 bits per heavy atom. The summed E-state index contributed by atoms with van der Waals surface area (Å²) in [5.74, 6) is -0.341. The summed E-state index contributed by atoms with van der Waals surface area (Å²) < 4.78 is 4.82. The smallest absolute Gasteiger partial charge is 0.315 e. The van der Waals surface area contributed by atoms with Gasteiger partial charge in [0.1, 0.15) is 0 Å². The number of hydrogen-bond donors (Lipinski definition) is 0. The van der Waals surface area contributed by atoms with Gasteiger partial charge in [0.2, 0.25) is 5.22 Å². The first-order valence-corrected chi connectivity index (χ1v) is 5.66. The van der Waals surface area contributed by atoms with Crippen LogP contribution in [0.25, 0.3) is 0 Å². The van der Waals surface area contributed by atoms with Crippen molar-refractivity contribution >= 4 is 29.2 Å². The zero-order valence-electron chi connectivity index (χ0n) is 8.19. The summed E-state index contributed by atoms with van der Waals surface area (Å²) in [5, 5.41) is 0.510. The second-order valence-electron chi connectivity index (χ2n) is 3.50. The molecule has 1 rings (SSSR count). The molecule has 1 heterocycles. The summed E-state index contributed by atoms with van der Waals surface area (Å²) in [5.41, 5.74) is 0. The van der Waals surface area contributed by atoms with Crippen molar-refractivity contribution in [2.45, 2.75) is 39.0 Å². The van der Waals surface area contributed by atoms with Crippen LogP contribution in [0.4, 0.5) is 0 Å². The fourth-order valence-corrected chi connectivity index (χ4v) is 1.85. The number of ether oxygens (including phenoxy) is 1. The van der Waals surface area contributed by atoms with Crippen molar-refractivity contribution in [2.24, 2.45) is 5.92 Å². The number of unbranched alkanes of at least 4 members (excludes halogenated alkanes) is 2. The molecule has 0 aromatic heterocycles. The van der Waals surface area contributed by atoms with Crippen molar-refractivity contribution in [3.63, 3.8) is 0 Å². The number of carbonyl (C=O) groups excluding carboxylic acids is 1. The molecule has 1 atom stereocenters. The number of cyclic esters (lactones) is 1. The van der Waals surface area contributed by atoms with Gasteiger partial charge in [-0.15, -0.1) is 0 Å². The lowest BCUT2D eigenvalue weighted by atomic mass is 9.97. The van der Waals surface area contributed by atoms with E-state index < -0.39 is 0 Å². The zero-order chi connectivity index (χ0) is 10.6. The third kappa shape index (κ3) is 3.18. The molecule has 0 saturated heterocycles. The normalized spacial score (nSPS) is 22.5. The molecular weight excluding hydrogens is 223 g/mol. The van der Waals surface area contributed by atoms with Gasteiger partial charge >= 0.3 is 5.97 Å². The molecule has 1 aliphatic heterocycles. The Morgan fingerprint density at radius 1 is 1.43 bits per heavy atom. The monoisotopic (exact) mass is 236 g/mol. The summed E-state index contributed by atoms with van der Waals surface area (Å²) in [7, 11) is 0. The second-order valence-corrected chi connectivity index (χ2v) is 4.30. The summed E-state index contributed by atoms with van der Waals surface area (Å²) >= 11 is 11.4. The molecule has 0 fully saturated rings. The molecule has 0 aromatic rings. The van der Waals surface area contributed by atoms with Crippen LogP contribution in [0.5, 0.6) is 0 Å². The van der Waals surface area contributed by atoms with Crippen LogP contribution in [0.2, 0.25) is 0 Å². The molecule has 1 unspecified atom stereocenters. The second kappa shape index (κ2) is 5.62. The number of halogens is 2. The SMILES string of the molecule is CCCCCC1CC(Cl)=C(Cl)OC1=O. The van der Waals surface area contributed by atoms with Crippen LogP contribution < -0.4 is 0 Å². The third-order valence-corrected chi connectivity index (χ3v) is 3.05. The van der Waals surface area contributed by atoms with Gasteiger partial charge in [0.25, 0.3) is 0 Å². The molecule has 0 bridgehead atoms. The van der Waals surface area contributed by atoms with Crippen molar-refractivity contribution in [2.75, 3.05) is 0 Å². The summed E-state index contributed by atoms with van der Waals surface area (Å²) in [6.45, 7) is 2.13. The highest BCUT2D eigenvalue weighted by Gasteiger charge is 2.28. The lowest BCUT2D eigenvalue weighted by molar-refractivity contribution is -0.144. The van der Waals surface area contributed by atoms with Gasteiger partial charge in [0, 0.05) is 6.42 Å². The fraction of sp³-hybridized carbons (Fsp3) is 0.700. The maximum absolute atomic E-state index is 11.3. The Balaban J connectivity index is 2.44. The van der Waals surface area contributed by atoms with Crippen LogP contribution in [0.1, 0.15) is 39.0 Å². The first-order valence-electron chi connectivity index (χ1n) is 4.91. The molecule has 0 aliphatic carbocycles. The Bertz CT molecular complexity index is 249. The van der Waals surface area contributed by atoms with E-state index >= 15 is 0 Å². The number of allylic oxidation sites excluding steroid dienone is 1. The molecule has 2 nitrogen and oxygen atoms in total. The summed E-state index contributed by atoms with van der Waals surface area (Å²) in [6, 6.07) is 0. The lowest BCUT2D eigenvalue weighted by Crippen LogP contribution is -2.21. The third-order valence-electron chi connectivity index (χ3n) is 2.32. The predicted molar refractivity (Wildman–Crippen MR) is 57.1 cm³/mol. The molecule has 0 N–H and O–H groups in total. The van der Waals surface area contributed by atoms with Crippen LogP contribution in [0.15, 0.2) is 10.3 Å². The quantitative estimate of drug-likeness (QED) is 0.549. The zero-order valence-corrected chi connectivity index (χ0v) is 9.70. The number of carbonyl (C=O) groups is 1. The molecule has 80 valence electrons. The van der Waals surface area contributed by atoms with Gasteiger partial charge in [0.15, 0.2) is 0 Å². The molecule has 14 heavy (non-hydrogen) atoms. The molecule has 1 aliphatic rings. The van der Waals surface area contributed by atoms with Crippen LogP contribution in [0.3, 0.4) is 0 Å². The Labute approximate surface area is 94.2 Å². The van der Waals surface area contributed by atoms with Gasteiger partial charge in [-0.25, -0.2) is 0 Å². The molecule has 0 spiro atoms. The highest BCUT2D eigenvalue weighted by atomic mass is 35.5.